The van der Waals surface area contributed by atoms with E-state index in [-0.39, 0.29) is 29.6 Å². The van der Waals surface area contributed by atoms with Crippen molar-refractivity contribution in [3.05, 3.63) is 76.3 Å². The van der Waals surface area contributed by atoms with Crippen LogP contribution in [0.15, 0.2) is 59.5 Å². The molecule has 3 aromatic rings. The Hall–Kier alpha value is -3.02. The minimum Gasteiger partial charge on any atom is -0.339 e. The maximum absolute atomic E-state index is 13.1. The molecule has 1 aromatic heterocycles. The number of para-hydroxylation sites is 1. The highest BCUT2D eigenvalue weighted by Gasteiger charge is 2.17. The van der Waals surface area contributed by atoms with Crippen molar-refractivity contribution in [1.82, 2.24) is 14.7 Å². The van der Waals surface area contributed by atoms with Crippen LogP contribution in [0, 0.1) is 5.82 Å². The van der Waals surface area contributed by atoms with Crippen molar-refractivity contribution in [2.45, 2.75) is 25.9 Å². The molecule has 2 aromatic carbocycles. The van der Waals surface area contributed by atoms with Gasteiger partial charge in [-0.1, -0.05) is 24.3 Å². The lowest BCUT2D eigenvalue weighted by atomic mass is 10.1. The number of aromatic nitrogens is 2. The van der Waals surface area contributed by atoms with Gasteiger partial charge in [0.25, 0.3) is 0 Å². The minimum atomic E-state index is -0.300. The van der Waals surface area contributed by atoms with Crippen LogP contribution in [-0.2, 0) is 11.3 Å². The van der Waals surface area contributed by atoms with Gasteiger partial charge in [0.2, 0.25) is 11.3 Å². The van der Waals surface area contributed by atoms with Crippen molar-refractivity contribution in [3.8, 4) is 0 Å². The molecule has 1 amide bonds. The van der Waals surface area contributed by atoms with E-state index in [0.29, 0.717) is 17.4 Å². The van der Waals surface area contributed by atoms with Crippen LogP contribution < -0.4 is 5.43 Å². The number of nitrogens with zero attached hydrogens (tertiary/aromatic N) is 3. The van der Waals surface area contributed by atoms with Crippen molar-refractivity contribution in [2.75, 3.05) is 7.05 Å². The molecule has 1 heterocycles. The van der Waals surface area contributed by atoms with E-state index in [4.69, 9.17) is 0 Å². The number of amides is 1. The van der Waals surface area contributed by atoms with Gasteiger partial charge in [-0.25, -0.2) is 4.39 Å². The molecule has 26 heavy (non-hydrogen) atoms. The van der Waals surface area contributed by atoms with E-state index < -0.39 is 0 Å². The number of hydrogen-bond donors (Lipinski definition) is 0. The zero-order valence-electron chi connectivity index (χ0n) is 14.7. The molecule has 0 radical (unpaired) electrons. The summed E-state index contributed by atoms with van der Waals surface area (Å²) < 4.78 is 14.7. The Labute approximate surface area is 150 Å². The van der Waals surface area contributed by atoms with E-state index in [1.54, 1.807) is 40.9 Å². The second-order valence-electron chi connectivity index (χ2n) is 6.23. The van der Waals surface area contributed by atoms with Crippen LogP contribution >= 0.6 is 0 Å². The molecular weight excluding hydrogens is 333 g/mol. The first-order valence-electron chi connectivity index (χ1n) is 8.43. The maximum Gasteiger partial charge on any atom is 0.224 e. The van der Waals surface area contributed by atoms with Gasteiger partial charge in [0.05, 0.1) is 24.3 Å². The molecule has 3 rings (SSSR count). The van der Waals surface area contributed by atoms with Crippen molar-refractivity contribution in [1.29, 1.82) is 0 Å². The highest BCUT2D eigenvalue weighted by Crippen LogP contribution is 2.20. The normalized spacial score (nSPS) is 12.1. The lowest BCUT2D eigenvalue weighted by Gasteiger charge is -2.25. The third-order valence-electron chi connectivity index (χ3n) is 4.63. The molecule has 0 aliphatic carbocycles. The molecule has 0 saturated heterocycles. The zero-order chi connectivity index (χ0) is 18.7. The largest absolute Gasteiger partial charge is 0.339 e. The summed E-state index contributed by atoms with van der Waals surface area (Å²) in [6.07, 6.45) is 1.53. The van der Waals surface area contributed by atoms with Crippen LogP contribution in [0.2, 0.25) is 0 Å². The molecule has 0 saturated carbocycles. The molecule has 1 atom stereocenters. The fourth-order valence-electron chi connectivity index (χ4n) is 2.90. The van der Waals surface area contributed by atoms with Crippen LogP contribution in [-0.4, -0.2) is 27.6 Å². The van der Waals surface area contributed by atoms with Gasteiger partial charge in [0, 0.05) is 18.9 Å². The average Bonchev–Trinajstić information content (AvgIpc) is 2.67. The molecule has 0 bridgehead atoms. The summed E-state index contributed by atoms with van der Waals surface area (Å²) in [7, 11) is 1.73. The van der Waals surface area contributed by atoms with Crippen LogP contribution in [0.1, 0.15) is 24.9 Å². The van der Waals surface area contributed by atoms with E-state index in [9.17, 15) is 14.0 Å². The van der Waals surface area contributed by atoms with E-state index in [0.717, 1.165) is 5.56 Å². The molecule has 6 heteroatoms. The monoisotopic (exact) mass is 353 g/mol. The van der Waals surface area contributed by atoms with E-state index in [1.807, 2.05) is 19.1 Å². The van der Waals surface area contributed by atoms with Crippen LogP contribution in [0.4, 0.5) is 4.39 Å². The number of benzene rings is 2. The minimum absolute atomic E-state index is 0.0496. The van der Waals surface area contributed by atoms with Gasteiger partial charge >= 0.3 is 0 Å². The highest BCUT2D eigenvalue weighted by atomic mass is 19.1. The molecule has 5 nitrogen and oxygen atoms in total. The first-order valence-corrected chi connectivity index (χ1v) is 8.43. The van der Waals surface area contributed by atoms with Crippen LogP contribution in [0.5, 0.6) is 0 Å². The van der Waals surface area contributed by atoms with Crippen molar-refractivity contribution in [2.24, 2.45) is 0 Å². The number of fused-ring (bicyclic) bond motifs is 1. The Morgan fingerprint density at radius 2 is 1.88 bits per heavy atom. The topological polar surface area (TPSA) is 55.2 Å². The van der Waals surface area contributed by atoms with Crippen LogP contribution in [0.3, 0.4) is 0 Å². The quantitative estimate of drug-likeness (QED) is 0.708. The number of hydrogen-bond acceptors (Lipinski definition) is 3. The second kappa shape index (κ2) is 7.47. The third-order valence-corrected chi connectivity index (χ3v) is 4.63. The smallest absolute Gasteiger partial charge is 0.224 e. The molecule has 0 aliphatic heterocycles. The first kappa shape index (κ1) is 17.8. The summed E-state index contributed by atoms with van der Waals surface area (Å²) in [4.78, 5) is 26.1. The molecular formula is C20H20FN3O2. The summed E-state index contributed by atoms with van der Waals surface area (Å²) in [6, 6.07) is 13.2. The number of carbonyl (C=O) groups is 1. The fraction of sp³-hybridized carbons (Fsp3) is 0.250. The predicted molar refractivity (Wildman–Crippen MR) is 98.2 cm³/mol. The van der Waals surface area contributed by atoms with Gasteiger partial charge in [-0.05, 0) is 36.8 Å². The lowest BCUT2D eigenvalue weighted by Crippen LogP contribution is -2.30. The van der Waals surface area contributed by atoms with Gasteiger partial charge in [-0.2, -0.15) is 5.10 Å². The molecule has 0 unspecified atom stereocenters. The summed E-state index contributed by atoms with van der Waals surface area (Å²) in [5, 5.41) is 4.73. The molecule has 134 valence electrons. The van der Waals surface area contributed by atoms with Crippen molar-refractivity contribution < 1.29 is 9.18 Å². The zero-order valence-corrected chi connectivity index (χ0v) is 14.7. The SMILES string of the molecule is C[C@@H](c1ccc(F)cc1)N(C)C(=O)CCn1ncc(=O)c2ccccc21. The molecule has 0 fully saturated rings. The Morgan fingerprint density at radius 1 is 1.19 bits per heavy atom. The number of carbonyl (C=O) groups excluding carboxylic acids is 1. The van der Waals surface area contributed by atoms with Gasteiger partial charge in [-0.3, -0.25) is 14.3 Å². The Kier molecular flexibility index (Phi) is 5.11. The molecule has 0 spiro atoms. The molecule has 0 N–H and O–H groups in total. The van der Waals surface area contributed by atoms with Crippen molar-refractivity contribution >= 4 is 16.8 Å². The Morgan fingerprint density at radius 3 is 2.62 bits per heavy atom. The van der Waals surface area contributed by atoms with Crippen molar-refractivity contribution in [3.63, 3.8) is 0 Å². The van der Waals surface area contributed by atoms with Gasteiger partial charge in [0.1, 0.15) is 5.82 Å². The maximum atomic E-state index is 13.1. The summed E-state index contributed by atoms with van der Waals surface area (Å²) in [5.41, 5.74) is 1.45. The van der Waals surface area contributed by atoms with E-state index in [2.05, 4.69) is 5.10 Å². The summed E-state index contributed by atoms with van der Waals surface area (Å²) in [5.74, 6) is -0.350. The van der Waals surface area contributed by atoms with Crippen LogP contribution in [0.25, 0.3) is 10.9 Å². The summed E-state index contributed by atoms with van der Waals surface area (Å²) in [6.45, 7) is 2.28. The Bertz CT molecular complexity index is 982. The van der Waals surface area contributed by atoms with E-state index >= 15 is 0 Å². The average molecular weight is 353 g/mol. The van der Waals surface area contributed by atoms with Gasteiger partial charge in [0.15, 0.2) is 0 Å². The second-order valence-corrected chi connectivity index (χ2v) is 6.23. The predicted octanol–water partition coefficient (Wildman–Crippen LogP) is 3.15. The lowest BCUT2D eigenvalue weighted by molar-refractivity contribution is -0.132. The summed E-state index contributed by atoms with van der Waals surface area (Å²) >= 11 is 0. The number of halogens is 1. The van der Waals surface area contributed by atoms with Gasteiger partial charge < -0.3 is 4.90 Å². The fourth-order valence-corrected chi connectivity index (χ4v) is 2.90. The van der Waals surface area contributed by atoms with Gasteiger partial charge in [-0.15, -0.1) is 0 Å². The number of rotatable bonds is 5. The van der Waals surface area contributed by atoms with E-state index in [1.165, 1.54) is 18.3 Å². The third kappa shape index (κ3) is 3.64. The first-order chi connectivity index (χ1) is 12.5. The Balaban J connectivity index is 1.71. The highest BCUT2D eigenvalue weighted by molar-refractivity contribution is 5.79. The number of aryl methyl sites for hydroxylation is 1. The molecule has 0 aliphatic rings. The standard InChI is InChI=1S/C20H20FN3O2/c1-14(15-7-9-16(21)10-8-15)23(2)20(26)11-12-24-18-6-4-3-5-17(18)19(25)13-22-24/h3-10,13-14H,11-12H2,1-2H3/t14-/m0/s1.